The smallest absolute Gasteiger partial charge is 0.197 e. The highest BCUT2D eigenvalue weighted by atomic mass is 15.0. The molecule has 0 spiro atoms. The summed E-state index contributed by atoms with van der Waals surface area (Å²) in [5.74, 6) is 0. The van der Waals surface area contributed by atoms with Crippen molar-refractivity contribution in [2.75, 3.05) is 5.32 Å². The fourth-order valence-corrected chi connectivity index (χ4v) is 9.24. The summed E-state index contributed by atoms with van der Waals surface area (Å²) in [5, 5.41) is 14.1. The van der Waals surface area contributed by atoms with E-state index in [1.54, 1.807) is 0 Å². The standard InChI is InChI=1S/C47H29BN3/c1-27-13-2-8-21-37(27)49-38-26-34-31-17-6-9-22-39(31)50-41-24-11-7-18-33(41)43(46(34)50)42(38)35-25-28-14-3-4-15-29(28)47-44(35)48-36-20-12-19-32-30-16-5-10-23-40(30)51(47)45(32)36/h2-26,49H,1H3. The van der Waals surface area contributed by atoms with Gasteiger partial charge in [0.05, 0.1) is 22.1 Å². The van der Waals surface area contributed by atoms with Gasteiger partial charge in [-0.2, -0.15) is 0 Å². The predicted molar refractivity (Wildman–Crippen MR) is 218 cm³/mol. The summed E-state index contributed by atoms with van der Waals surface area (Å²) in [5.41, 5.74) is 15.9. The van der Waals surface area contributed by atoms with Crippen molar-refractivity contribution in [2.24, 2.45) is 0 Å². The highest BCUT2D eigenvalue weighted by molar-refractivity contribution is 6.74. The Balaban J connectivity index is 1.31. The van der Waals surface area contributed by atoms with E-state index in [4.69, 9.17) is 0 Å². The SMILES string of the molecule is Cc1ccccc1Nc1cc2c3ccccc3n3c4ccccc4c(c1-c1cc4ccccc4c4c1[B]c1cccc5c6ccccc6n-4c15)c23. The van der Waals surface area contributed by atoms with Crippen molar-refractivity contribution in [3.05, 3.63) is 157 Å². The van der Waals surface area contributed by atoms with Gasteiger partial charge in [-0.3, -0.25) is 0 Å². The molecule has 4 heterocycles. The lowest BCUT2D eigenvalue weighted by Crippen LogP contribution is -2.37. The van der Waals surface area contributed by atoms with Crippen molar-refractivity contribution in [1.82, 2.24) is 8.97 Å². The Bertz CT molecular complexity index is 3270. The van der Waals surface area contributed by atoms with Gasteiger partial charge in [0.15, 0.2) is 7.28 Å². The highest BCUT2D eigenvalue weighted by Gasteiger charge is 2.30. The van der Waals surface area contributed by atoms with Gasteiger partial charge in [0, 0.05) is 65.8 Å². The maximum Gasteiger partial charge on any atom is 0.197 e. The van der Waals surface area contributed by atoms with Crippen LogP contribution in [0.25, 0.3) is 87.5 Å². The van der Waals surface area contributed by atoms with Crippen LogP contribution in [0.5, 0.6) is 0 Å². The molecule has 51 heavy (non-hydrogen) atoms. The number of hydrogen-bond donors (Lipinski definition) is 1. The van der Waals surface area contributed by atoms with Crippen LogP contribution < -0.4 is 16.2 Å². The third-order valence-corrected chi connectivity index (χ3v) is 11.4. The molecule has 0 amide bonds. The number of aryl methyl sites for hydroxylation is 1. The maximum absolute atomic E-state index is 4.00. The van der Waals surface area contributed by atoms with Crippen LogP contribution in [-0.2, 0) is 0 Å². The first kappa shape index (κ1) is 27.3. The van der Waals surface area contributed by atoms with Gasteiger partial charge in [0.2, 0.25) is 0 Å². The number of rotatable bonds is 3. The van der Waals surface area contributed by atoms with E-state index in [2.05, 4.69) is 180 Å². The minimum atomic E-state index is 1.11. The molecule has 235 valence electrons. The molecule has 1 aliphatic heterocycles. The van der Waals surface area contributed by atoms with Crippen molar-refractivity contribution in [1.29, 1.82) is 0 Å². The third-order valence-electron chi connectivity index (χ3n) is 11.4. The van der Waals surface area contributed by atoms with Crippen molar-refractivity contribution < 1.29 is 0 Å². The summed E-state index contributed by atoms with van der Waals surface area (Å²) < 4.78 is 5.03. The zero-order valence-electron chi connectivity index (χ0n) is 27.9. The number of para-hydroxylation sites is 5. The van der Waals surface area contributed by atoms with Crippen molar-refractivity contribution >= 4 is 100 Å². The molecule has 1 radical (unpaired) electrons. The lowest BCUT2D eigenvalue weighted by Gasteiger charge is -2.27. The quantitative estimate of drug-likeness (QED) is 0.190. The van der Waals surface area contributed by atoms with Crippen LogP contribution in [0.3, 0.4) is 0 Å². The van der Waals surface area contributed by atoms with E-state index in [1.807, 2.05) is 0 Å². The summed E-state index contributed by atoms with van der Waals surface area (Å²) in [4.78, 5) is 0. The summed E-state index contributed by atoms with van der Waals surface area (Å²) in [6.45, 7) is 2.19. The Morgan fingerprint density at radius 2 is 1.16 bits per heavy atom. The van der Waals surface area contributed by atoms with Crippen LogP contribution >= 0.6 is 0 Å². The first-order chi connectivity index (χ1) is 25.2. The number of nitrogens with zero attached hydrogens (tertiary/aromatic N) is 2. The van der Waals surface area contributed by atoms with E-state index in [0.29, 0.717) is 0 Å². The van der Waals surface area contributed by atoms with Gasteiger partial charge >= 0.3 is 0 Å². The minimum absolute atomic E-state index is 1.11. The molecule has 8 aromatic carbocycles. The van der Waals surface area contributed by atoms with Gasteiger partial charge in [0.25, 0.3) is 0 Å². The fourth-order valence-electron chi connectivity index (χ4n) is 9.24. The summed E-state index contributed by atoms with van der Waals surface area (Å²) >= 11 is 0. The second-order valence-electron chi connectivity index (χ2n) is 14.0. The number of fused-ring (bicyclic) bond motifs is 13. The Morgan fingerprint density at radius 1 is 0.510 bits per heavy atom. The molecule has 1 aliphatic rings. The largest absolute Gasteiger partial charge is 0.355 e. The zero-order valence-corrected chi connectivity index (χ0v) is 27.9. The Kier molecular flexibility index (Phi) is 5.25. The van der Waals surface area contributed by atoms with Crippen molar-refractivity contribution in [3.8, 4) is 16.8 Å². The number of anilines is 2. The molecule has 3 nitrogen and oxygen atoms in total. The first-order valence-corrected chi connectivity index (χ1v) is 17.7. The van der Waals surface area contributed by atoms with Crippen LogP contribution in [0.1, 0.15) is 5.56 Å². The molecule has 0 atom stereocenters. The summed E-state index contributed by atoms with van der Waals surface area (Å²) in [7, 11) is 2.45. The normalized spacial score (nSPS) is 12.6. The molecular weight excluding hydrogens is 617 g/mol. The van der Waals surface area contributed by atoms with E-state index in [0.717, 1.165) is 11.4 Å². The van der Waals surface area contributed by atoms with Crippen LogP contribution in [0.2, 0.25) is 0 Å². The average Bonchev–Trinajstić information content (AvgIpc) is 3.81. The van der Waals surface area contributed by atoms with Crippen LogP contribution in [0.4, 0.5) is 11.4 Å². The molecule has 0 saturated carbocycles. The third kappa shape index (κ3) is 3.49. The molecule has 0 saturated heterocycles. The zero-order chi connectivity index (χ0) is 33.4. The second kappa shape index (κ2) is 9.80. The molecule has 4 heteroatoms. The molecule has 1 N–H and O–H groups in total. The molecule has 0 fully saturated rings. The number of hydrogen-bond acceptors (Lipinski definition) is 1. The van der Waals surface area contributed by atoms with Gasteiger partial charge in [-0.15, -0.1) is 0 Å². The molecule has 0 bridgehead atoms. The van der Waals surface area contributed by atoms with Gasteiger partial charge in [-0.25, -0.2) is 0 Å². The van der Waals surface area contributed by atoms with E-state index in [9.17, 15) is 0 Å². The minimum Gasteiger partial charge on any atom is -0.355 e. The van der Waals surface area contributed by atoms with Crippen LogP contribution in [0.15, 0.2) is 152 Å². The first-order valence-electron chi connectivity index (χ1n) is 17.7. The topological polar surface area (TPSA) is 21.4 Å². The second-order valence-corrected chi connectivity index (χ2v) is 14.0. The Morgan fingerprint density at radius 3 is 1.98 bits per heavy atom. The van der Waals surface area contributed by atoms with E-state index in [1.165, 1.54) is 104 Å². The highest BCUT2D eigenvalue weighted by Crippen LogP contribution is 2.49. The lowest BCUT2D eigenvalue weighted by molar-refractivity contribution is 1.21. The van der Waals surface area contributed by atoms with Crippen molar-refractivity contribution in [2.45, 2.75) is 6.92 Å². The molecular formula is C47H29BN3. The molecule has 0 aliphatic carbocycles. The Hall–Kier alpha value is -6.52. The lowest BCUT2D eigenvalue weighted by atomic mass is 9.58. The summed E-state index contributed by atoms with van der Waals surface area (Å²) in [6, 6.07) is 55.8. The van der Waals surface area contributed by atoms with E-state index >= 15 is 0 Å². The van der Waals surface area contributed by atoms with Gasteiger partial charge < -0.3 is 14.3 Å². The van der Waals surface area contributed by atoms with Gasteiger partial charge in [-0.05, 0) is 65.3 Å². The number of nitrogens with one attached hydrogen (secondary N) is 1. The molecule has 0 unspecified atom stereocenters. The monoisotopic (exact) mass is 646 g/mol. The number of aromatic nitrogens is 2. The number of benzene rings is 8. The van der Waals surface area contributed by atoms with Gasteiger partial charge in [-0.1, -0.05) is 121 Å². The fraction of sp³-hybridized carbons (Fsp3) is 0.0213. The van der Waals surface area contributed by atoms with Gasteiger partial charge in [0.1, 0.15) is 0 Å². The maximum atomic E-state index is 4.00. The molecule has 11 aromatic rings. The Labute approximate surface area is 294 Å². The van der Waals surface area contributed by atoms with Crippen LogP contribution in [-0.4, -0.2) is 16.2 Å². The van der Waals surface area contributed by atoms with E-state index in [-0.39, 0.29) is 0 Å². The molecule has 3 aromatic heterocycles. The van der Waals surface area contributed by atoms with Crippen LogP contribution in [0, 0.1) is 6.92 Å². The van der Waals surface area contributed by atoms with E-state index < -0.39 is 0 Å². The predicted octanol–water partition coefficient (Wildman–Crippen LogP) is 10.8. The van der Waals surface area contributed by atoms with Crippen molar-refractivity contribution in [3.63, 3.8) is 0 Å². The average molecular weight is 647 g/mol. The molecule has 12 rings (SSSR count). The summed E-state index contributed by atoms with van der Waals surface area (Å²) in [6.07, 6.45) is 0.